The minimum Gasteiger partial charge on any atom is -0.487 e. The Labute approximate surface area is 178 Å². The van der Waals surface area contributed by atoms with Crippen molar-refractivity contribution < 1.29 is 19.2 Å². The lowest BCUT2D eigenvalue weighted by molar-refractivity contribution is -0.384. The molecule has 0 bridgehead atoms. The van der Waals surface area contributed by atoms with Crippen molar-refractivity contribution >= 4 is 17.5 Å². The van der Waals surface area contributed by atoms with E-state index >= 15 is 0 Å². The molecule has 3 aromatic rings. The fourth-order valence-electron chi connectivity index (χ4n) is 2.67. The van der Waals surface area contributed by atoms with Gasteiger partial charge in [-0.2, -0.15) is 0 Å². The van der Waals surface area contributed by atoms with Gasteiger partial charge in [-0.3, -0.25) is 24.7 Å². The minimum atomic E-state index is -0.586. The molecule has 3 rings (SSSR count). The number of non-ortho nitro benzene ring substituents is 1. The van der Waals surface area contributed by atoms with Crippen molar-refractivity contribution in [1.82, 2.24) is 15.6 Å². The first kappa shape index (κ1) is 21.4. The van der Waals surface area contributed by atoms with Crippen molar-refractivity contribution in [2.45, 2.75) is 13.2 Å². The van der Waals surface area contributed by atoms with Crippen LogP contribution in [0.2, 0.25) is 0 Å². The summed E-state index contributed by atoms with van der Waals surface area (Å²) in [5.41, 5.74) is 1.56. The van der Waals surface area contributed by atoms with Crippen molar-refractivity contribution in [2.24, 2.45) is 0 Å². The zero-order valence-electron chi connectivity index (χ0n) is 16.5. The standard InChI is InChI=1S/C22H20N4O5/c27-21(14-25-22(28)17-6-4-8-19(12-17)26(29)30)24-13-16-5-3-9-20(11-16)31-15-18-7-1-2-10-23-18/h1-12H,13-15H2,(H,24,27)(H,25,28). The number of carbonyl (C=O) groups is 2. The molecule has 9 heteroatoms. The second-order valence-corrected chi connectivity index (χ2v) is 6.52. The van der Waals surface area contributed by atoms with E-state index < -0.39 is 16.7 Å². The van der Waals surface area contributed by atoms with Gasteiger partial charge >= 0.3 is 0 Å². The average molecular weight is 420 g/mol. The molecule has 2 amide bonds. The number of hydrogen-bond acceptors (Lipinski definition) is 6. The van der Waals surface area contributed by atoms with Gasteiger partial charge in [0.05, 0.1) is 17.2 Å². The lowest BCUT2D eigenvalue weighted by atomic mass is 10.2. The lowest BCUT2D eigenvalue weighted by Gasteiger charge is -2.09. The molecule has 0 atom stereocenters. The molecule has 0 saturated heterocycles. The van der Waals surface area contributed by atoms with Crippen LogP contribution in [0.5, 0.6) is 5.75 Å². The summed E-state index contributed by atoms with van der Waals surface area (Å²) in [5, 5.41) is 15.9. The number of hydrogen-bond donors (Lipinski definition) is 2. The molecule has 0 radical (unpaired) electrons. The Morgan fingerprint density at radius 2 is 1.84 bits per heavy atom. The molecule has 0 spiro atoms. The largest absolute Gasteiger partial charge is 0.487 e. The summed E-state index contributed by atoms with van der Waals surface area (Å²) in [6, 6.07) is 18.2. The highest BCUT2D eigenvalue weighted by Crippen LogP contribution is 2.15. The molecule has 0 fully saturated rings. The quantitative estimate of drug-likeness (QED) is 0.405. The second kappa shape index (κ2) is 10.5. The summed E-state index contributed by atoms with van der Waals surface area (Å²) in [7, 11) is 0. The average Bonchev–Trinajstić information content (AvgIpc) is 2.81. The van der Waals surface area contributed by atoms with Crippen LogP contribution in [0.4, 0.5) is 5.69 Å². The van der Waals surface area contributed by atoms with Gasteiger partial charge in [0.25, 0.3) is 11.6 Å². The summed E-state index contributed by atoms with van der Waals surface area (Å²) in [4.78, 5) is 38.6. The highest BCUT2D eigenvalue weighted by molar-refractivity contribution is 5.96. The number of ether oxygens (including phenoxy) is 1. The fraction of sp³-hybridized carbons (Fsp3) is 0.136. The molecular formula is C22H20N4O5. The van der Waals surface area contributed by atoms with Crippen LogP contribution in [0.1, 0.15) is 21.6 Å². The normalized spacial score (nSPS) is 10.2. The summed E-state index contributed by atoms with van der Waals surface area (Å²) in [6.07, 6.45) is 1.70. The maximum Gasteiger partial charge on any atom is 0.270 e. The molecule has 0 aliphatic rings. The van der Waals surface area contributed by atoms with Crippen molar-refractivity contribution in [2.75, 3.05) is 6.54 Å². The van der Waals surface area contributed by atoms with Crippen molar-refractivity contribution in [3.8, 4) is 5.75 Å². The minimum absolute atomic E-state index is 0.111. The molecule has 0 aliphatic carbocycles. The maximum atomic E-state index is 12.1. The molecular weight excluding hydrogens is 400 g/mol. The van der Waals surface area contributed by atoms with E-state index in [1.807, 2.05) is 42.5 Å². The van der Waals surface area contributed by atoms with Gasteiger partial charge in [0.2, 0.25) is 5.91 Å². The first-order valence-corrected chi connectivity index (χ1v) is 9.42. The predicted molar refractivity (Wildman–Crippen MR) is 112 cm³/mol. The Kier molecular flexibility index (Phi) is 7.26. The molecule has 9 nitrogen and oxygen atoms in total. The summed E-state index contributed by atoms with van der Waals surface area (Å²) in [6.45, 7) is 0.337. The summed E-state index contributed by atoms with van der Waals surface area (Å²) in [5.74, 6) is -0.307. The van der Waals surface area contributed by atoms with Crippen molar-refractivity contribution in [3.63, 3.8) is 0 Å². The highest BCUT2D eigenvalue weighted by Gasteiger charge is 2.12. The fourth-order valence-corrected chi connectivity index (χ4v) is 2.67. The molecule has 31 heavy (non-hydrogen) atoms. The van der Waals surface area contributed by atoms with E-state index in [4.69, 9.17) is 4.74 Å². The van der Waals surface area contributed by atoms with Crippen LogP contribution in [0.25, 0.3) is 0 Å². The number of nitrogens with one attached hydrogen (secondary N) is 2. The van der Waals surface area contributed by atoms with Gasteiger partial charge < -0.3 is 15.4 Å². The van der Waals surface area contributed by atoms with E-state index in [-0.39, 0.29) is 24.3 Å². The van der Waals surface area contributed by atoms with Crippen LogP contribution >= 0.6 is 0 Å². The predicted octanol–water partition coefficient (Wildman–Crippen LogP) is 2.62. The molecule has 0 saturated carbocycles. The Balaban J connectivity index is 1.45. The summed E-state index contributed by atoms with van der Waals surface area (Å²) < 4.78 is 5.71. The van der Waals surface area contributed by atoms with Gasteiger partial charge in [-0.25, -0.2) is 0 Å². The SMILES string of the molecule is O=C(CNC(=O)c1cccc([N+](=O)[O-])c1)NCc1cccc(OCc2ccccn2)c1. The van der Waals surface area contributed by atoms with E-state index in [0.29, 0.717) is 12.4 Å². The first-order valence-electron chi connectivity index (χ1n) is 9.42. The number of benzene rings is 2. The van der Waals surface area contributed by atoms with Crippen LogP contribution in [0, 0.1) is 10.1 Å². The number of nitrogens with zero attached hydrogens (tertiary/aromatic N) is 2. The van der Waals surface area contributed by atoms with Gasteiger partial charge in [0.15, 0.2) is 0 Å². The van der Waals surface area contributed by atoms with Gasteiger partial charge in [-0.15, -0.1) is 0 Å². The van der Waals surface area contributed by atoms with Crippen LogP contribution in [-0.4, -0.2) is 28.3 Å². The second-order valence-electron chi connectivity index (χ2n) is 6.52. The number of amides is 2. The van der Waals surface area contributed by atoms with E-state index in [2.05, 4.69) is 15.6 Å². The molecule has 0 unspecified atom stereocenters. The zero-order valence-corrected chi connectivity index (χ0v) is 16.5. The third-order valence-electron chi connectivity index (χ3n) is 4.23. The first-order chi connectivity index (χ1) is 15.0. The van der Waals surface area contributed by atoms with E-state index in [9.17, 15) is 19.7 Å². The molecule has 158 valence electrons. The van der Waals surface area contributed by atoms with Crippen LogP contribution in [0.3, 0.4) is 0 Å². The Morgan fingerprint density at radius 1 is 1.00 bits per heavy atom. The van der Waals surface area contributed by atoms with Crippen LogP contribution in [-0.2, 0) is 17.9 Å². The maximum absolute atomic E-state index is 12.1. The topological polar surface area (TPSA) is 123 Å². The van der Waals surface area contributed by atoms with Gasteiger partial charge in [0.1, 0.15) is 12.4 Å². The number of nitro groups is 1. The third-order valence-corrected chi connectivity index (χ3v) is 4.23. The Hall–Kier alpha value is -4.27. The highest BCUT2D eigenvalue weighted by atomic mass is 16.6. The third kappa shape index (κ3) is 6.64. The smallest absolute Gasteiger partial charge is 0.270 e. The molecule has 1 aromatic heterocycles. The van der Waals surface area contributed by atoms with Crippen molar-refractivity contribution in [3.05, 3.63) is 99.9 Å². The monoisotopic (exact) mass is 420 g/mol. The van der Waals surface area contributed by atoms with Crippen LogP contribution < -0.4 is 15.4 Å². The van der Waals surface area contributed by atoms with Crippen molar-refractivity contribution in [1.29, 1.82) is 0 Å². The lowest BCUT2D eigenvalue weighted by Crippen LogP contribution is -2.36. The van der Waals surface area contributed by atoms with Gasteiger partial charge in [-0.05, 0) is 35.9 Å². The number of rotatable bonds is 9. The van der Waals surface area contributed by atoms with E-state index in [0.717, 1.165) is 17.3 Å². The molecule has 2 N–H and O–H groups in total. The van der Waals surface area contributed by atoms with Gasteiger partial charge in [-0.1, -0.05) is 24.3 Å². The molecule has 1 heterocycles. The Morgan fingerprint density at radius 3 is 2.61 bits per heavy atom. The number of carbonyl (C=O) groups excluding carboxylic acids is 2. The molecule has 0 aliphatic heterocycles. The van der Waals surface area contributed by atoms with E-state index in [1.165, 1.54) is 18.2 Å². The van der Waals surface area contributed by atoms with Gasteiger partial charge in [0, 0.05) is 30.4 Å². The summed E-state index contributed by atoms with van der Waals surface area (Å²) >= 11 is 0. The molecule has 2 aromatic carbocycles. The number of pyridine rings is 1. The zero-order chi connectivity index (χ0) is 22.1. The number of aromatic nitrogens is 1. The van der Waals surface area contributed by atoms with Crippen LogP contribution in [0.15, 0.2) is 72.9 Å². The number of nitro benzene ring substituents is 1. The Bertz CT molecular complexity index is 1070. The van der Waals surface area contributed by atoms with E-state index in [1.54, 1.807) is 6.20 Å².